The summed E-state index contributed by atoms with van der Waals surface area (Å²) in [5.41, 5.74) is 1.30. The van der Waals surface area contributed by atoms with Gasteiger partial charge in [-0.3, -0.25) is 0 Å². The van der Waals surface area contributed by atoms with Crippen molar-refractivity contribution in [2.45, 2.75) is 52.4 Å². The van der Waals surface area contributed by atoms with Crippen molar-refractivity contribution in [2.75, 3.05) is 0 Å². The van der Waals surface area contributed by atoms with Crippen molar-refractivity contribution in [1.82, 2.24) is 0 Å². The summed E-state index contributed by atoms with van der Waals surface area (Å²) in [5.74, 6) is 0.371. The lowest BCUT2D eigenvalue weighted by Gasteiger charge is -2.24. The highest BCUT2D eigenvalue weighted by Gasteiger charge is 2.19. The lowest BCUT2D eigenvalue weighted by molar-refractivity contribution is -0.109. The molecule has 0 bridgehead atoms. The first-order valence-electron chi connectivity index (χ1n) is 7.39. The average molecular weight is 337 g/mol. The van der Waals surface area contributed by atoms with Crippen LogP contribution in [-0.2, 0) is 4.79 Å². The van der Waals surface area contributed by atoms with Crippen molar-refractivity contribution in [3.8, 4) is 0 Å². The summed E-state index contributed by atoms with van der Waals surface area (Å²) in [5, 5.41) is 0. The highest BCUT2D eigenvalue weighted by molar-refractivity contribution is 9.10. The Labute approximate surface area is 131 Å². The van der Waals surface area contributed by atoms with Crippen LogP contribution in [0.4, 0.5) is 0 Å². The molecule has 0 aliphatic rings. The molecule has 0 aliphatic heterocycles. The van der Waals surface area contributed by atoms with Gasteiger partial charge in [-0.25, -0.2) is 0 Å². The molecule has 0 heterocycles. The molecule has 2 heteroatoms. The third-order valence-electron chi connectivity index (χ3n) is 3.83. The molecule has 110 valence electrons. The highest BCUT2D eigenvalue weighted by Crippen LogP contribution is 2.31. The molecule has 0 radical (unpaired) electrons. The predicted molar refractivity (Wildman–Crippen MR) is 90.0 cm³/mol. The number of benzene rings is 1. The fourth-order valence-electron chi connectivity index (χ4n) is 2.28. The van der Waals surface area contributed by atoms with Crippen LogP contribution in [0.25, 0.3) is 0 Å². The van der Waals surface area contributed by atoms with E-state index in [1.54, 1.807) is 0 Å². The molecule has 1 aromatic rings. The summed E-state index contributed by atoms with van der Waals surface area (Å²) < 4.78 is 1.10. The van der Waals surface area contributed by atoms with Gasteiger partial charge >= 0.3 is 0 Å². The Morgan fingerprint density at radius 3 is 2.50 bits per heavy atom. The quantitative estimate of drug-likeness (QED) is 0.427. The third kappa shape index (κ3) is 5.62. The van der Waals surface area contributed by atoms with Gasteiger partial charge in [0.25, 0.3) is 0 Å². The lowest BCUT2D eigenvalue weighted by Crippen LogP contribution is -2.14. The highest BCUT2D eigenvalue weighted by atomic mass is 79.9. The van der Waals surface area contributed by atoms with Crippen LogP contribution in [0.15, 0.2) is 40.9 Å². The van der Waals surface area contributed by atoms with Gasteiger partial charge in [-0.1, -0.05) is 73.8 Å². The topological polar surface area (TPSA) is 17.1 Å². The van der Waals surface area contributed by atoms with Gasteiger partial charge in [-0.05, 0) is 35.4 Å². The van der Waals surface area contributed by atoms with Gasteiger partial charge in [0.2, 0.25) is 0 Å². The smallest absolute Gasteiger partial charge is 0.120 e. The van der Waals surface area contributed by atoms with E-state index in [0.717, 1.165) is 17.2 Å². The molecule has 0 aromatic heterocycles. The van der Waals surface area contributed by atoms with E-state index in [0.29, 0.717) is 12.3 Å². The van der Waals surface area contributed by atoms with E-state index in [9.17, 15) is 4.79 Å². The zero-order valence-electron chi connectivity index (χ0n) is 12.7. The Kier molecular flexibility index (Phi) is 7.22. The Morgan fingerprint density at radius 1 is 1.30 bits per heavy atom. The number of halogens is 1. The zero-order chi connectivity index (χ0) is 15.0. The van der Waals surface area contributed by atoms with Gasteiger partial charge in [0.1, 0.15) is 6.29 Å². The fourth-order valence-corrected chi connectivity index (χ4v) is 2.54. The monoisotopic (exact) mass is 336 g/mol. The molecule has 0 saturated heterocycles. The molecule has 0 unspecified atom stereocenters. The van der Waals surface area contributed by atoms with Gasteiger partial charge in [0, 0.05) is 10.9 Å². The Hall–Kier alpha value is -0.890. The van der Waals surface area contributed by atoms with E-state index in [4.69, 9.17) is 0 Å². The molecule has 0 fully saturated rings. The van der Waals surface area contributed by atoms with Gasteiger partial charge in [0.15, 0.2) is 0 Å². The van der Waals surface area contributed by atoms with E-state index < -0.39 is 0 Å². The third-order valence-corrected chi connectivity index (χ3v) is 4.36. The van der Waals surface area contributed by atoms with E-state index >= 15 is 0 Å². The van der Waals surface area contributed by atoms with Gasteiger partial charge in [0.05, 0.1) is 0 Å². The molecule has 0 N–H and O–H groups in total. The molecule has 2 atom stereocenters. The van der Waals surface area contributed by atoms with E-state index in [1.165, 1.54) is 18.4 Å². The van der Waals surface area contributed by atoms with E-state index in [2.05, 4.69) is 73.1 Å². The van der Waals surface area contributed by atoms with E-state index in [1.807, 2.05) is 0 Å². The predicted octanol–water partition coefficient (Wildman–Crippen LogP) is 5.89. The summed E-state index contributed by atoms with van der Waals surface area (Å²) in [6.45, 7) is 6.57. The second kappa shape index (κ2) is 8.41. The Balaban J connectivity index is 2.75. The van der Waals surface area contributed by atoms with Crippen LogP contribution in [0.3, 0.4) is 0 Å². The summed E-state index contributed by atoms with van der Waals surface area (Å²) >= 11 is 3.46. The summed E-state index contributed by atoms with van der Waals surface area (Å²) in [6, 6.07) is 8.42. The minimum absolute atomic E-state index is 0.00137. The van der Waals surface area contributed by atoms with Crippen LogP contribution in [0.1, 0.15) is 57.9 Å². The molecule has 0 amide bonds. The summed E-state index contributed by atoms with van der Waals surface area (Å²) in [6.07, 6.45) is 9.55. The zero-order valence-corrected chi connectivity index (χ0v) is 14.3. The largest absolute Gasteiger partial charge is 0.303 e. The lowest BCUT2D eigenvalue weighted by atomic mass is 9.81. The maximum atomic E-state index is 10.9. The molecule has 20 heavy (non-hydrogen) atoms. The van der Waals surface area contributed by atoms with Crippen LogP contribution >= 0.6 is 15.9 Å². The maximum absolute atomic E-state index is 10.9. The number of carbonyl (C=O) groups is 1. The van der Waals surface area contributed by atoms with Gasteiger partial charge in [-0.15, -0.1) is 0 Å². The number of hydrogen-bond acceptors (Lipinski definition) is 1. The molecule has 1 nitrogen and oxygen atoms in total. The molecule has 1 rings (SSSR count). The van der Waals surface area contributed by atoms with Crippen molar-refractivity contribution in [3.63, 3.8) is 0 Å². The first kappa shape index (κ1) is 17.2. The van der Waals surface area contributed by atoms with Gasteiger partial charge in [-0.2, -0.15) is 0 Å². The maximum Gasteiger partial charge on any atom is 0.120 e. The molecular formula is C18H25BrO. The second-order valence-corrected chi connectivity index (χ2v) is 6.74. The van der Waals surface area contributed by atoms with Crippen molar-refractivity contribution in [3.05, 3.63) is 46.5 Å². The number of carbonyl (C=O) groups excluding carboxylic acids is 1. The van der Waals surface area contributed by atoms with Crippen LogP contribution in [0, 0.1) is 5.41 Å². The Bertz CT molecular complexity index is 435. The average Bonchev–Trinajstić information content (AvgIpc) is 2.44. The van der Waals surface area contributed by atoms with Gasteiger partial charge < -0.3 is 4.79 Å². The first-order chi connectivity index (χ1) is 9.50. The van der Waals surface area contributed by atoms with Crippen LogP contribution in [0.2, 0.25) is 0 Å². The van der Waals surface area contributed by atoms with Crippen LogP contribution in [-0.4, -0.2) is 6.29 Å². The SMILES string of the molecule is CCCC[C@@](C)(/C=C/[C@@H](C)c1ccc(Br)cc1)CC=O. The number of allylic oxidation sites excluding steroid dienone is 2. The van der Waals surface area contributed by atoms with Crippen molar-refractivity contribution < 1.29 is 4.79 Å². The summed E-state index contributed by atoms with van der Waals surface area (Å²) in [7, 11) is 0. The fraction of sp³-hybridized carbons (Fsp3) is 0.500. The number of aldehydes is 1. The van der Waals surface area contributed by atoms with Crippen molar-refractivity contribution in [1.29, 1.82) is 0 Å². The molecule has 0 spiro atoms. The van der Waals surface area contributed by atoms with E-state index in [-0.39, 0.29) is 5.41 Å². The molecule has 0 saturated carbocycles. The van der Waals surface area contributed by atoms with Crippen molar-refractivity contribution >= 4 is 22.2 Å². The summed E-state index contributed by atoms with van der Waals surface area (Å²) in [4.78, 5) is 10.9. The van der Waals surface area contributed by atoms with Crippen LogP contribution in [0.5, 0.6) is 0 Å². The minimum Gasteiger partial charge on any atom is -0.303 e. The normalized spacial score (nSPS) is 16.0. The molecule has 1 aromatic carbocycles. The standard InChI is InChI=1S/C18H25BrO/c1-4-5-11-18(3,13-14-20)12-10-15(2)16-6-8-17(19)9-7-16/h6-10,12,14-15H,4-5,11,13H2,1-3H3/b12-10+/t15-,18+/m1/s1. The number of unbranched alkanes of at least 4 members (excludes halogenated alkanes) is 1. The minimum atomic E-state index is 0.00137. The molecular weight excluding hydrogens is 312 g/mol. The second-order valence-electron chi connectivity index (χ2n) is 5.83. The number of hydrogen-bond donors (Lipinski definition) is 0. The number of rotatable bonds is 8. The van der Waals surface area contributed by atoms with Crippen LogP contribution < -0.4 is 0 Å². The van der Waals surface area contributed by atoms with Crippen molar-refractivity contribution in [2.24, 2.45) is 5.41 Å². The molecule has 0 aliphatic carbocycles. The Morgan fingerprint density at radius 2 is 1.95 bits per heavy atom. The first-order valence-corrected chi connectivity index (χ1v) is 8.18.